The lowest BCUT2D eigenvalue weighted by molar-refractivity contribution is 0.0152. The minimum Gasteiger partial charge on any atom is -0.492 e. The van der Waals surface area contributed by atoms with Gasteiger partial charge < -0.3 is 19.5 Å². The Morgan fingerprint density at radius 3 is 2.61 bits per heavy atom. The molecule has 178 valence electrons. The molecule has 0 aromatic heterocycles. The summed E-state index contributed by atoms with van der Waals surface area (Å²) in [6.07, 6.45) is -0.771. The molecule has 1 heterocycles. The second kappa shape index (κ2) is 10.6. The summed E-state index contributed by atoms with van der Waals surface area (Å²) in [5.41, 5.74) is 0.729. The smallest absolute Gasteiger partial charge is 0.407 e. The van der Waals surface area contributed by atoms with Gasteiger partial charge in [0.2, 0.25) is 10.0 Å². The van der Waals surface area contributed by atoms with Crippen LogP contribution in [-0.2, 0) is 14.8 Å². The highest BCUT2D eigenvalue weighted by atomic mass is 35.5. The Hall–Kier alpha value is -2.53. The molecule has 2 N–H and O–H groups in total. The highest BCUT2D eigenvalue weighted by Gasteiger charge is 2.32. The van der Waals surface area contributed by atoms with E-state index in [-0.39, 0.29) is 37.6 Å². The van der Waals surface area contributed by atoms with Gasteiger partial charge in [0.25, 0.3) is 5.91 Å². The molecule has 3 rings (SSSR count). The number of amides is 2. The van der Waals surface area contributed by atoms with E-state index in [0.717, 1.165) is 6.26 Å². The molecular formula is C21H22Cl2N2O7S. The van der Waals surface area contributed by atoms with E-state index in [4.69, 9.17) is 32.7 Å². The maximum Gasteiger partial charge on any atom is 0.407 e. The normalized spacial score (nSPS) is 18.9. The fourth-order valence-corrected chi connectivity index (χ4v) is 4.22. The van der Waals surface area contributed by atoms with Crippen LogP contribution in [0.5, 0.6) is 5.75 Å². The van der Waals surface area contributed by atoms with Gasteiger partial charge in [-0.1, -0.05) is 41.4 Å². The number of benzene rings is 2. The van der Waals surface area contributed by atoms with Crippen LogP contribution in [0.1, 0.15) is 22.0 Å². The Morgan fingerprint density at radius 2 is 1.94 bits per heavy atom. The molecule has 33 heavy (non-hydrogen) atoms. The molecule has 0 spiro atoms. The van der Waals surface area contributed by atoms with Crippen LogP contribution in [0.3, 0.4) is 0 Å². The second-order valence-corrected chi connectivity index (χ2v) is 10.0. The summed E-state index contributed by atoms with van der Waals surface area (Å²) in [4.78, 5) is 25.2. The molecule has 1 fully saturated rings. The van der Waals surface area contributed by atoms with Gasteiger partial charge in [-0.05, 0) is 29.8 Å². The summed E-state index contributed by atoms with van der Waals surface area (Å²) >= 11 is 12.2. The zero-order valence-electron chi connectivity index (χ0n) is 17.5. The molecule has 0 aliphatic carbocycles. The van der Waals surface area contributed by atoms with Gasteiger partial charge in [-0.15, -0.1) is 0 Å². The van der Waals surface area contributed by atoms with E-state index < -0.39 is 34.0 Å². The van der Waals surface area contributed by atoms with Gasteiger partial charge in [0.15, 0.2) is 0 Å². The largest absolute Gasteiger partial charge is 0.492 e. The first-order valence-corrected chi connectivity index (χ1v) is 12.5. The van der Waals surface area contributed by atoms with Crippen molar-refractivity contribution in [2.45, 2.75) is 6.10 Å². The predicted molar refractivity (Wildman–Crippen MR) is 122 cm³/mol. The minimum absolute atomic E-state index is 0.0160. The van der Waals surface area contributed by atoms with Crippen molar-refractivity contribution in [2.24, 2.45) is 5.92 Å². The zero-order chi connectivity index (χ0) is 24.2. The first kappa shape index (κ1) is 25.1. The van der Waals surface area contributed by atoms with Crippen molar-refractivity contribution in [1.82, 2.24) is 9.62 Å². The SMILES string of the molecule is CS(=O)(=O)NC(=O)c1ccccc1OC[C@@H]1CN(C(=O)O)CCO[C@H]1c1ccc(Cl)c(Cl)c1. The van der Waals surface area contributed by atoms with Crippen LogP contribution in [0.15, 0.2) is 42.5 Å². The number of sulfonamides is 1. The Balaban J connectivity index is 1.87. The molecular weight excluding hydrogens is 495 g/mol. The maximum absolute atomic E-state index is 12.4. The van der Waals surface area contributed by atoms with Crippen LogP contribution in [0.2, 0.25) is 10.0 Å². The quantitative estimate of drug-likeness (QED) is 0.602. The lowest BCUT2D eigenvalue weighted by Gasteiger charge is -2.27. The molecule has 0 saturated carbocycles. The Bertz CT molecular complexity index is 1140. The van der Waals surface area contributed by atoms with Gasteiger partial charge in [0.1, 0.15) is 5.75 Å². The van der Waals surface area contributed by atoms with Crippen LogP contribution in [0.25, 0.3) is 0 Å². The monoisotopic (exact) mass is 516 g/mol. The molecule has 1 aliphatic heterocycles. The highest BCUT2D eigenvalue weighted by molar-refractivity contribution is 7.89. The number of ether oxygens (including phenoxy) is 2. The average molecular weight is 517 g/mol. The molecule has 12 heteroatoms. The van der Waals surface area contributed by atoms with Crippen molar-refractivity contribution in [1.29, 1.82) is 0 Å². The van der Waals surface area contributed by atoms with E-state index in [0.29, 0.717) is 15.6 Å². The lowest BCUT2D eigenvalue weighted by atomic mass is 9.95. The lowest BCUT2D eigenvalue weighted by Crippen LogP contribution is -2.37. The first-order valence-electron chi connectivity index (χ1n) is 9.83. The Labute approximate surface area is 201 Å². The van der Waals surface area contributed by atoms with Crippen molar-refractivity contribution in [3.63, 3.8) is 0 Å². The summed E-state index contributed by atoms with van der Waals surface area (Å²) in [7, 11) is -3.77. The average Bonchev–Trinajstić information content (AvgIpc) is 2.96. The van der Waals surface area contributed by atoms with Crippen molar-refractivity contribution >= 4 is 45.2 Å². The minimum atomic E-state index is -3.77. The number of carbonyl (C=O) groups excluding carboxylic acids is 1. The fourth-order valence-electron chi connectivity index (χ4n) is 3.47. The molecule has 2 aromatic carbocycles. The number of carboxylic acid groups (broad SMARTS) is 1. The summed E-state index contributed by atoms with van der Waals surface area (Å²) in [5, 5.41) is 10.2. The molecule has 0 bridgehead atoms. The van der Waals surface area contributed by atoms with Crippen LogP contribution < -0.4 is 9.46 Å². The van der Waals surface area contributed by atoms with Crippen molar-refractivity contribution in [3.8, 4) is 5.75 Å². The molecule has 2 amide bonds. The molecule has 0 radical (unpaired) electrons. The number of hydrogen-bond donors (Lipinski definition) is 2. The summed E-state index contributed by atoms with van der Waals surface area (Å²) in [5.74, 6) is -1.15. The predicted octanol–water partition coefficient (Wildman–Crippen LogP) is 3.43. The fraction of sp³-hybridized carbons (Fsp3) is 0.333. The van der Waals surface area contributed by atoms with Crippen molar-refractivity contribution in [3.05, 3.63) is 63.6 Å². The molecule has 2 aromatic rings. The third-order valence-corrected chi connectivity index (χ3v) is 6.24. The van der Waals surface area contributed by atoms with Gasteiger partial charge in [-0.3, -0.25) is 4.79 Å². The van der Waals surface area contributed by atoms with E-state index in [1.165, 1.54) is 17.0 Å². The summed E-state index contributed by atoms with van der Waals surface area (Å²) in [6.45, 7) is 0.438. The molecule has 1 aliphatic rings. The summed E-state index contributed by atoms with van der Waals surface area (Å²) in [6, 6.07) is 11.2. The zero-order valence-corrected chi connectivity index (χ0v) is 19.9. The maximum atomic E-state index is 12.4. The number of para-hydroxylation sites is 1. The Kier molecular flexibility index (Phi) is 8.06. The molecule has 9 nitrogen and oxygen atoms in total. The number of nitrogens with zero attached hydrogens (tertiary/aromatic N) is 1. The van der Waals surface area contributed by atoms with Crippen molar-refractivity contribution in [2.75, 3.05) is 32.6 Å². The number of carbonyl (C=O) groups is 2. The van der Waals surface area contributed by atoms with E-state index in [1.807, 2.05) is 4.72 Å². The van der Waals surface area contributed by atoms with Crippen molar-refractivity contribution < 1.29 is 32.6 Å². The molecule has 1 saturated heterocycles. The number of hydrogen-bond acceptors (Lipinski definition) is 6. The first-order chi connectivity index (χ1) is 15.5. The molecule has 0 unspecified atom stereocenters. The van der Waals surface area contributed by atoms with Crippen LogP contribution >= 0.6 is 23.2 Å². The van der Waals surface area contributed by atoms with E-state index in [2.05, 4.69) is 0 Å². The second-order valence-electron chi connectivity index (χ2n) is 7.46. The third-order valence-electron chi connectivity index (χ3n) is 4.95. The topological polar surface area (TPSA) is 122 Å². The van der Waals surface area contributed by atoms with Crippen LogP contribution in [-0.4, -0.2) is 63.0 Å². The highest BCUT2D eigenvalue weighted by Crippen LogP contribution is 2.34. The third kappa shape index (κ3) is 6.73. The van der Waals surface area contributed by atoms with E-state index in [9.17, 15) is 23.1 Å². The van der Waals surface area contributed by atoms with Gasteiger partial charge >= 0.3 is 6.09 Å². The van der Waals surface area contributed by atoms with Gasteiger partial charge in [0, 0.05) is 19.0 Å². The van der Waals surface area contributed by atoms with Gasteiger partial charge in [-0.2, -0.15) is 0 Å². The number of rotatable bonds is 6. The molecule has 2 atom stereocenters. The van der Waals surface area contributed by atoms with Crippen LogP contribution in [0.4, 0.5) is 4.79 Å². The van der Waals surface area contributed by atoms with E-state index >= 15 is 0 Å². The standard InChI is InChI=1S/C21H22Cl2N2O7S/c1-33(29,30)24-20(26)15-4-2-3-5-18(15)32-12-14-11-25(21(27)28)8-9-31-19(14)13-6-7-16(22)17(23)10-13/h2-7,10,14,19H,8-9,11-12H2,1H3,(H,24,26)(H,27,28)/t14-,19-/m0/s1. The number of nitrogens with one attached hydrogen (secondary N) is 1. The summed E-state index contributed by atoms with van der Waals surface area (Å²) < 4.78 is 36.7. The van der Waals surface area contributed by atoms with Gasteiger partial charge in [0.05, 0.1) is 41.2 Å². The van der Waals surface area contributed by atoms with E-state index in [1.54, 1.807) is 30.3 Å². The van der Waals surface area contributed by atoms with Gasteiger partial charge in [-0.25, -0.2) is 17.9 Å². The van der Waals surface area contributed by atoms with Crippen LogP contribution in [0, 0.1) is 5.92 Å². The number of halogens is 2. The Morgan fingerprint density at radius 1 is 1.21 bits per heavy atom.